The predicted molar refractivity (Wildman–Crippen MR) is 32.9 cm³/mol. The lowest BCUT2D eigenvalue weighted by Gasteiger charge is -2.16. The molecule has 1 aliphatic rings. The van der Waals surface area contributed by atoms with Gasteiger partial charge in [-0.15, -0.1) is 0 Å². The lowest BCUT2D eigenvalue weighted by Crippen LogP contribution is -2.29. The van der Waals surface area contributed by atoms with Crippen LogP contribution in [0.1, 0.15) is 6.92 Å². The first-order valence-corrected chi connectivity index (χ1v) is 3.00. The summed E-state index contributed by atoms with van der Waals surface area (Å²) in [6, 6.07) is 0.593. The van der Waals surface area contributed by atoms with Crippen LogP contribution in [0, 0.1) is 0 Å². The average Bonchev–Trinajstić information content (AvgIpc) is 2.43. The van der Waals surface area contributed by atoms with Gasteiger partial charge in [-0.1, -0.05) is 0 Å². The van der Waals surface area contributed by atoms with E-state index < -0.39 is 0 Å². The van der Waals surface area contributed by atoms with Gasteiger partial charge in [-0.05, 0) is 21.0 Å². The Bertz CT molecular complexity index is 76.6. The molecule has 8 heavy (non-hydrogen) atoms. The van der Waals surface area contributed by atoms with E-state index in [1.807, 2.05) is 0 Å². The molecule has 1 aliphatic heterocycles. The maximum atomic E-state index is 5.09. The molecule has 0 saturated carbocycles. The zero-order valence-corrected chi connectivity index (χ0v) is 5.72. The van der Waals surface area contributed by atoms with Crippen molar-refractivity contribution in [3.63, 3.8) is 0 Å². The van der Waals surface area contributed by atoms with Gasteiger partial charge in [-0.2, -0.15) is 0 Å². The monoisotopic (exact) mass is 115 g/mol. The molecular formula is C6H13NO. The normalized spacial score (nSPS) is 30.8. The second kappa shape index (κ2) is 2.03. The van der Waals surface area contributed by atoms with Gasteiger partial charge < -0.3 is 9.64 Å². The topological polar surface area (TPSA) is 15.8 Å². The van der Waals surface area contributed by atoms with E-state index in [-0.39, 0.29) is 0 Å². The first kappa shape index (κ1) is 6.05. The van der Waals surface area contributed by atoms with Crippen LogP contribution >= 0.6 is 0 Å². The molecule has 1 heterocycles. The molecule has 0 aromatic rings. The van der Waals surface area contributed by atoms with Gasteiger partial charge >= 0.3 is 0 Å². The Morgan fingerprint density at radius 3 is 2.25 bits per heavy atom. The molecule has 1 saturated heterocycles. The minimum absolute atomic E-state index is 0.519. The number of epoxide rings is 1. The van der Waals surface area contributed by atoms with Crippen LogP contribution in [0.2, 0.25) is 0 Å². The fourth-order valence-electron chi connectivity index (χ4n) is 0.667. The van der Waals surface area contributed by atoms with E-state index in [1.165, 1.54) is 0 Å². The van der Waals surface area contributed by atoms with E-state index in [1.54, 1.807) is 0 Å². The van der Waals surface area contributed by atoms with E-state index in [0.29, 0.717) is 12.1 Å². The fraction of sp³-hybridized carbons (Fsp3) is 1.00. The molecule has 48 valence electrons. The van der Waals surface area contributed by atoms with Crippen molar-refractivity contribution in [3.8, 4) is 0 Å². The molecule has 2 heteroatoms. The van der Waals surface area contributed by atoms with Crippen LogP contribution in [-0.2, 0) is 4.74 Å². The van der Waals surface area contributed by atoms with Crippen LogP contribution in [-0.4, -0.2) is 37.7 Å². The number of likely N-dealkylation sites (N-methyl/N-ethyl adjacent to an activating group) is 1. The summed E-state index contributed by atoms with van der Waals surface area (Å²) >= 11 is 0. The highest BCUT2D eigenvalue weighted by Crippen LogP contribution is 2.16. The second-order valence-corrected chi connectivity index (χ2v) is 2.58. The van der Waals surface area contributed by atoms with Crippen LogP contribution in [0.15, 0.2) is 0 Å². The van der Waals surface area contributed by atoms with Gasteiger partial charge in [-0.25, -0.2) is 0 Å². The third kappa shape index (κ3) is 1.20. The quantitative estimate of drug-likeness (QED) is 0.482. The Labute approximate surface area is 50.4 Å². The highest BCUT2D eigenvalue weighted by molar-refractivity contribution is 4.80. The molecule has 0 bridgehead atoms. The van der Waals surface area contributed by atoms with Gasteiger partial charge in [0.15, 0.2) is 0 Å². The summed E-state index contributed by atoms with van der Waals surface area (Å²) in [7, 11) is 4.15. The zero-order valence-electron chi connectivity index (χ0n) is 5.72. The Morgan fingerprint density at radius 1 is 1.62 bits per heavy atom. The lowest BCUT2D eigenvalue weighted by molar-refractivity contribution is 0.246. The van der Waals surface area contributed by atoms with Crippen molar-refractivity contribution in [2.24, 2.45) is 0 Å². The largest absolute Gasteiger partial charge is 0.371 e. The van der Waals surface area contributed by atoms with Crippen molar-refractivity contribution < 1.29 is 4.74 Å². The average molecular weight is 115 g/mol. The standard InChI is InChI=1S/C6H13NO/c1-5(7(2)3)6-4-8-6/h5-6H,4H2,1-3H3/t5-,6+/m0/s1. The summed E-state index contributed by atoms with van der Waals surface area (Å²) in [6.45, 7) is 3.14. The van der Waals surface area contributed by atoms with E-state index in [9.17, 15) is 0 Å². The molecule has 2 nitrogen and oxygen atoms in total. The first-order chi connectivity index (χ1) is 3.72. The van der Waals surface area contributed by atoms with Crippen molar-refractivity contribution in [1.82, 2.24) is 4.90 Å². The van der Waals surface area contributed by atoms with Crippen LogP contribution < -0.4 is 0 Å². The zero-order chi connectivity index (χ0) is 6.15. The van der Waals surface area contributed by atoms with Crippen molar-refractivity contribution in [3.05, 3.63) is 0 Å². The summed E-state index contributed by atoms with van der Waals surface area (Å²) in [5.41, 5.74) is 0. The molecule has 0 unspecified atom stereocenters. The van der Waals surface area contributed by atoms with Crippen molar-refractivity contribution in [2.45, 2.75) is 19.1 Å². The second-order valence-electron chi connectivity index (χ2n) is 2.58. The number of ether oxygens (including phenoxy) is 1. The Hall–Kier alpha value is -0.0800. The molecular weight excluding hydrogens is 102 g/mol. The van der Waals surface area contributed by atoms with Gasteiger partial charge in [0.05, 0.1) is 12.7 Å². The maximum absolute atomic E-state index is 5.09. The number of rotatable bonds is 2. The van der Waals surface area contributed by atoms with Gasteiger partial charge in [0.25, 0.3) is 0 Å². The molecule has 2 atom stereocenters. The van der Waals surface area contributed by atoms with Crippen LogP contribution in [0.4, 0.5) is 0 Å². The molecule has 1 rings (SSSR count). The third-order valence-corrected chi connectivity index (χ3v) is 1.71. The van der Waals surface area contributed by atoms with Gasteiger partial charge in [-0.3, -0.25) is 0 Å². The van der Waals surface area contributed by atoms with Crippen LogP contribution in [0.25, 0.3) is 0 Å². The smallest absolute Gasteiger partial charge is 0.0961 e. The van der Waals surface area contributed by atoms with Crippen LogP contribution in [0.3, 0.4) is 0 Å². The van der Waals surface area contributed by atoms with Crippen molar-refractivity contribution in [2.75, 3.05) is 20.7 Å². The Kier molecular flexibility index (Phi) is 1.54. The fourth-order valence-corrected chi connectivity index (χ4v) is 0.667. The molecule has 0 amide bonds. The molecule has 1 fully saturated rings. The Balaban J connectivity index is 2.22. The predicted octanol–water partition coefficient (Wildman–Crippen LogP) is 0.335. The molecule has 0 spiro atoms. The summed E-state index contributed by atoms with van der Waals surface area (Å²) in [5, 5.41) is 0. The molecule has 0 aromatic heterocycles. The number of hydrogen-bond donors (Lipinski definition) is 0. The maximum Gasteiger partial charge on any atom is 0.0961 e. The van der Waals surface area contributed by atoms with E-state index in [0.717, 1.165) is 6.61 Å². The van der Waals surface area contributed by atoms with E-state index in [2.05, 4.69) is 25.9 Å². The SMILES string of the molecule is C[C@@H]([C@H]1CO1)N(C)C. The minimum atomic E-state index is 0.519. The van der Waals surface area contributed by atoms with Gasteiger partial charge in [0.1, 0.15) is 0 Å². The summed E-state index contributed by atoms with van der Waals surface area (Å²) in [6.07, 6.45) is 0.519. The van der Waals surface area contributed by atoms with Crippen LogP contribution in [0.5, 0.6) is 0 Å². The third-order valence-electron chi connectivity index (χ3n) is 1.71. The molecule has 0 radical (unpaired) electrons. The molecule has 0 aliphatic carbocycles. The Morgan fingerprint density at radius 2 is 2.12 bits per heavy atom. The van der Waals surface area contributed by atoms with Crippen molar-refractivity contribution >= 4 is 0 Å². The minimum Gasteiger partial charge on any atom is -0.371 e. The molecule has 0 aromatic carbocycles. The van der Waals surface area contributed by atoms with Gasteiger partial charge in [0, 0.05) is 6.04 Å². The highest BCUT2D eigenvalue weighted by atomic mass is 16.6. The first-order valence-electron chi connectivity index (χ1n) is 3.00. The summed E-state index contributed by atoms with van der Waals surface area (Å²) in [4.78, 5) is 2.18. The summed E-state index contributed by atoms with van der Waals surface area (Å²) < 4.78 is 5.09. The van der Waals surface area contributed by atoms with E-state index >= 15 is 0 Å². The number of nitrogens with zero attached hydrogens (tertiary/aromatic N) is 1. The van der Waals surface area contributed by atoms with E-state index in [4.69, 9.17) is 4.74 Å². The molecule has 0 N–H and O–H groups in total. The summed E-state index contributed by atoms with van der Waals surface area (Å²) in [5.74, 6) is 0. The van der Waals surface area contributed by atoms with Crippen molar-refractivity contribution in [1.29, 1.82) is 0 Å². The van der Waals surface area contributed by atoms with Gasteiger partial charge in [0.2, 0.25) is 0 Å². The number of hydrogen-bond acceptors (Lipinski definition) is 2. The lowest BCUT2D eigenvalue weighted by atomic mass is 10.2. The highest BCUT2D eigenvalue weighted by Gasteiger charge is 2.30.